The van der Waals surface area contributed by atoms with Gasteiger partial charge in [0.25, 0.3) is 0 Å². The molecule has 1 N–H and O–H groups in total. The number of esters is 1. The highest BCUT2D eigenvalue weighted by molar-refractivity contribution is 7.89. The zero-order valence-corrected chi connectivity index (χ0v) is 25.8. The molecule has 4 rings (SSSR count). The second-order valence-corrected chi connectivity index (χ2v) is 16.5. The smallest absolute Gasteiger partial charge is 0.311 e. The van der Waals surface area contributed by atoms with Crippen LogP contribution in [0.2, 0.25) is 0 Å². The molecule has 0 spiro atoms. The third-order valence-corrected chi connectivity index (χ3v) is 12.8. The van der Waals surface area contributed by atoms with E-state index in [0.717, 1.165) is 49.7 Å². The van der Waals surface area contributed by atoms with E-state index in [4.69, 9.17) is 4.74 Å². The van der Waals surface area contributed by atoms with Gasteiger partial charge in [0.05, 0.1) is 11.7 Å². The summed E-state index contributed by atoms with van der Waals surface area (Å²) in [5.41, 5.74) is 0.260. The van der Waals surface area contributed by atoms with Crippen LogP contribution in [0.5, 0.6) is 0 Å². The van der Waals surface area contributed by atoms with Crippen molar-refractivity contribution in [2.24, 2.45) is 51.8 Å². The van der Waals surface area contributed by atoms with Crippen LogP contribution in [0.4, 0.5) is 0 Å². The van der Waals surface area contributed by atoms with Gasteiger partial charge in [-0.05, 0) is 131 Å². The molecule has 9 unspecified atom stereocenters. The molecule has 0 heterocycles. The van der Waals surface area contributed by atoms with Gasteiger partial charge in [-0.2, -0.15) is 0 Å². The highest BCUT2D eigenvalue weighted by Crippen LogP contribution is 2.68. The highest BCUT2D eigenvalue weighted by atomic mass is 32.2. The summed E-state index contributed by atoms with van der Waals surface area (Å²) in [6.45, 7) is 13.4. The van der Waals surface area contributed by atoms with Gasteiger partial charge in [-0.15, -0.1) is 0 Å². The van der Waals surface area contributed by atoms with Gasteiger partial charge < -0.3 is 4.74 Å². The van der Waals surface area contributed by atoms with Crippen molar-refractivity contribution in [3.63, 3.8) is 0 Å². The first kappa shape index (κ1) is 29.9. The van der Waals surface area contributed by atoms with Crippen LogP contribution >= 0.6 is 0 Å². The number of fused-ring (bicyclic) bond motifs is 5. The Labute approximate surface area is 231 Å². The van der Waals surface area contributed by atoms with Gasteiger partial charge in [0.15, 0.2) is 0 Å². The minimum atomic E-state index is -3.49. The van der Waals surface area contributed by atoms with Crippen LogP contribution in [-0.4, -0.2) is 32.7 Å². The van der Waals surface area contributed by atoms with Crippen LogP contribution in [-0.2, 0) is 24.3 Å². The number of carbonyl (C=O) groups is 2. The number of sulfonamides is 1. The molecule has 4 fully saturated rings. The first-order valence-electron chi connectivity index (χ1n) is 15.3. The average Bonchev–Trinajstić information content (AvgIpc) is 3.19. The summed E-state index contributed by atoms with van der Waals surface area (Å²) in [4.78, 5) is 24.9. The maximum atomic E-state index is 12.8. The van der Waals surface area contributed by atoms with E-state index in [9.17, 15) is 18.0 Å². The summed E-state index contributed by atoms with van der Waals surface area (Å²) < 4.78 is 31.0. The number of amides is 1. The Morgan fingerprint density at radius 1 is 1.00 bits per heavy atom. The van der Waals surface area contributed by atoms with Crippen LogP contribution in [0.25, 0.3) is 0 Å². The van der Waals surface area contributed by atoms with Crippen molar-refractivity contribution >= 4 is 21.9 Å². The Bertz CT molecular complexity index is 1010. The van der Waals surface area contributed by atoms with Gasteiger partial charge in [0, 0.05) is 6.42 Å². The molecule has 0 bridgehead atoms. The topological polar surface area (TPSA) is 89.5 Å². The molecule has 1 amide bonds. The van der Waals surface area contributed by atoms with Crippen molar-refractivity contribution in [1.29, 1.82) is 0 Å². The van der Waals surface area contributed by atoms with Gasteiger partial charge in [0.1, 0.15) is 6.10 Å². The second-order valence-electron chi connectivity index (χ2n) is 14.7. The number of carbonyl (C=O) groups excluding carboxylic acids is 2. The molecule has 0 aliphatic heterocycles. The summed E-state index contributed by atoms with van der Waals surface area (Å²) in [7, 11) is -3.49. The van der Waals surface area contributed by atoms with E-state index in [1.165, 1.54) is 44.9 Å². The molecule has 218 valence electrons. The van der Waals surface area contributed by atoms with Crippen LogP contribution in [0.15, 0.2) is 0 Å². The molecule has 0 aromatic heterocycles. The Kier molecular flexibility index (Phi) is 8.41. The van der Waals surface area contributed by atoms with E-state index in [-0.39, 0.29) is 24.4 Å². The molecular weight excluding hydrogens is 498 g/mol. The number of hydrogen-bond donors (Lipinski definition) is 1. The largest absolute Gasteiger partial charge is 0.462 e. The molecule has 0 radical (unpaired) electrons. The quantitative estimate of drug-likeness (QED) is 0.349. The monoisotopic (exact) mass is 551 g/mol. The fraction of sp³-hybridized carbons (Fsp3) is 0.935. The number of hydrogen-bond acceptors (Lipinski definition) is 5. The van der Waals surface area contributed by atoms with Crippen LogP contribution in [0, 0.1) is 51.8 Å². The van der Waals surface area contributed by atoms with Crippen molar-refractivity contribution in [2.75, 3.05) is 6.26 Å². The number of rotatable bonds is 8. The first-order chi connectivity index (χ1) is 17.6. The Balaban J connectivity index is 1.39. The summed E-state index contributed by atoms with van der Waals surface area (Å²) in [5.74, 6) is 3.53. The molecule has 0 saturated heterocycles. The molecule has 0 aromatic carbocycles. The van der Waals surface area contributed by atoms with E-state index in [2.05, 4.69) is 32.4 Å². The normalized spacial score (nSPS) is 39.9. The molecular formula is C31H53NO5S. The Morgan fingerprint density at radius 3 is 2.32 bits per heavy atom. The zero-order chi connectivity index (χ0) is 28.1. The van der Waals surface area contributed by atoms with Crippen molar-refractivity contribution in [2.45, 2.75) is 125 Å². The lowest BCUT2D eigenvalue weighted by molar-refractivity contribution is -0.171. The van der Waals surface area contributed by atoms with Crippen LogP contribution < -0.4 is 4.72 Å². The molecule has 4 aliphatic rings. The van der Waals surface area contributed by atoms with Gasteiger partial charge in [-0.1, -0.05) is 27.7 Å². The number of nitrogens with one attached hydrogen (secondary N) is 1. The van der Waals surface area contributed by atoms with E-state index in [1.807, 2.05) is 13.8 Å². The Hall–Kier alpha value is -1.11. The summed E-state index contributed by atoms with van der Waals surface area (Å²) in [6, 6.07) is 0. The third kappa shape index (κ3) is 5.69. The minimum Gasteiger partial charge on any atom is -0.462 e. The first-order valence-corrected chi connectivity index (χ1v) is 17.2. The third-order valence-electron chi connectivity index (χ3n) is 12.2. The van der Waals surface area contributed by atoms with E-state index in [0.29, 0.717) is 28.6 Å². The van der Waals surface area contributed by atoms with Crippen molar-refractivity contribution < 1.29 is 22.7 Å². The van der Waals surface area contributed by atoms with Crippen molar-refractivity contribution in [1.82, 2.24) is 4.72 Å². The van der Waals surface area contributed by atoms with Crippen LogP contribution in [0.1, 0.15) is 119 Å². The van der Waals surface area contributed by atoms with Gasteiger partial charge in [-0.3, -0.25) is 14.3 Å². The van der Waals surface area contributed by atoms with Crippen molar-refractivity contribution in [3.05, 3.63) is 0 Å². The van der Waals surface area contributed by atoms with Crippen LogP contribution in [0.3, 0.4) is 0 Å². The lowest BCUT2D eigenvalue weighted by atomic mass is 9.44. The molecule has 0 aromatic rings. The fourth-order valence-electron chi connectivity index (χ4n) is 9.57. The summed E-state index contributed by atoms with van der Waals surface area (Å²) in [5, 5.41) is 0. The maximum absolute atomic E-state index is 12.8. The zero-order valence-electron chi connectivity index (χ0n) is 25.0. The molecule has 4 saturated carbocycles. The highest BCUT2D eigenvalue weighted by Gasteiger charge is 2.60. The number of ether oxygens (including phenoxy) is 1. The average molecular weight is 552 g/mol. The summed E-state index contributed by atoms with van der Waals surface area (Å²) >= 11 is 0. The summed E-state index contributed by atoms with van der Waals surface area (Å²) in [6.07, 6.45) is 13.7. The standard InChI is InChI=1S/C31H53NO5S/c1-8-29(3,4)28(34)37-22-15-17-30(5)21(19-22)10-11-23-25-13-12-24(31(25,6)18-16-26(23)30)20(2)9-14-27(33)32-38(7,35)36/h20-26H,8-19H2,1-7H3,(H,32,33). The van der Waals surface area contributed by atoms with E-state index in [1.54, 1.807) is 0 Å². The van der Waals surface area contributed by atoms with E-state index < -0.39 is 15.4 Å². The Morgan fingerprint density at radius 2 is 1.66 bits per heavy atom. The predicted octanol–water partition coefficient (Wildman–Crippen LogP) is 6.49. The fourth-order valence-corrected chi connectivity index (χ4v) is 10.1. The molecule has 38 heavy (non-hydrogen) atoms. The molecule has 7 heteroatoms. The van der Waals surface area contributed by atoms with Crippen molar-refractivity contribution in [3.8, 4) is 0 Å². The minimum absolute atomic E-state index is 0.0318. The van der Waals surface area contributed by atoms with Gasteiger partial charge in [-0.25, -0.2) is 8.42 Å². The maximum Gasteiger partial charge on any atom is 0.311 e. The molecule has 6 nitrogen and oxygen atoms in total. The van der Waals surface area contributed by atoms with E-state index >= 15 is 0 Å². The SMILES string of the molecule is CCC(C)(C)C(=O)OC1CCC2(C)C(CCC3C2CCC2(C)C(C(C)CCC(=O)NS(C)(=O)=O)CCC32)C1. The lowest BCUT2D eigenvalue weighted by Crippen LogP contribution is -2.54. The van der Waals surface area contributed by atoms with Gasteiger partial charge in [0.2, 0.25) is 15.9 Å². The van der Waals surface area contributed by atoms with Gasteiger partial charge >= 0.3 is 5.97 Å². The lowest BCUT2D eigenvalue weighted by Gasteiger charge is -2.61. The molecule has 9 atom stereocenters. The predicted molar refractivity (Wildman–Crippen MR) is 151 cm³/mol. The second kappa shape index (κ2) is 10.7. The molecule has 4 aliphatic carbocycles.